The number of aromatic nitrogens is 2. The van der Waals surface area contributed by atoms with Gasteiger partial charge in [-0.3, -0.25) is 9.48 Å². The lowest BCUT2D eigenvalue weighted by atomic mass is 10.0. The highest BCUT2D eigenvalue weighted by Crippen LogP contribution is 2.20. The molecule has 0 radical (unpaired) electrons. The van der Waals surface area contributed by atoms with E-state index in [-0.39, 0.29) is 5.91 Å². The van der Waals surface area contributed by atoms with E-state index in [9.17, 15) is 9.59 Å². The van der Waals surface area contributed by atoms with E-state index < -0.39 is 12.0 Å². The molecular weight excluding hydrogens is 234 g/mol. The molecule has 0 aliphatic carbocycles. The van der Waals surface area contributed by atoms with Crippen LogP contribution < -0.4 is 0 Å². The predicted molar refractivity (Wildman–Crippen MR) is 64.3 cm³/mol. The number of rotatable bonds is 2. The zero-order chi connectivity index (χ0) is 13.3. The summed E-state index contributed by atoms with van der Waals surface area (Å²) in [5, 5.41) is 13.3. The van der Waals surface area contributed by atoms with Gasteiger partial charge in [0.25, 0.3) is 5.91 Å². The van der Waals surface area contributed by atoms with Gasteiger partial charge in [0, 0.05) is 19.8 Å². The Morgan fingerprint density at radius 3 is 2.72 bits per heavy atom. The van der Waals surface area contributed by atoms with Crippen LogP contribution in [0.2, 0.25) is 0 Å². The summed E-state index contributed by atoms with van der Waals surface area (Å²) in [6.07, 6.45) is 3.88. The van der Waals surface area contributed by atoms with E-state index in [1.165, 1.54) is 4.90 Å². The Bertz CT molecular complexity index is 481. The monoisotopic (exact) mass is 251 g/mol. The fourth-order valence-electron chi connectivity index (χ4n) is 2.40. The smallest absolute Gasteiger partial charge is 0.326 e. The molecule has 1 saturated heterocycles. The molecule has 18 heavy (non-hydrogen) atoms. The van der Waals surface area contributed by atoms with Gasteiger partial charge in [0.15, 0.2) is 0 Å². The average Bonchev–Trinajstić information content (AvgIpc) is 2.67. The summed E-state index contributed by atoms with van der Waals surface area (Å²) in [6.45, 7) is 2.26. The summed E-state index contributed by atoms with van der Waals surface area (Å²) in [5.74, 6) is -1.16. The third-order valence-corrected chi connectivity index (χ3v) is 3.29. The van der Waals surface area contributed by atoms with Crippen molar-refractivity contribution in [3.05, 3.63) is 17.5 Å². The van der Waals surface area contributed by atoms with Crippen molar-refractivity contribution in [3.63, 3.8) is 0 Å². The van der Waals surface area contributed by atoms with Crippen LogP contribution in [0.4, 0.5) is 0 Å². The molecule has 1 aromatic rings. The number of aliphatic carboxylic acids is 1. The molecular formula is C12H17N3O3. The van der Waals surface area contributed by atoms with Gasteiger partial charge in [-0.1, -0.05) is 0 Å². The van der Waals surface area contributed by atoms with Gasteiger partial charge >= 0.3 is 5.97 Å². The molecule has 1 aromatic heterocycles. The molecule has 1 aliphatic heterocycles. The Labute approximate surface area is 105 Å². The number of carbonyl (C=O) groups is 2. The summed E-state index contributed by atoms with van der Waals surface area (Å²) in [5.41, 5.74) is 1.13. The van der Waals surface area contributed by atoms with Crippen LogP contribution in [0, 0.1) is 6.92 Å². The topological polar surface area (TPSA) is 75.4 Å². The molecule has 0 spiro atoms. The Balaban J connectivity index is 2.26. The summed E-state index contributed by atoms with van der Waals surface area (Å²) in [4.78, 5) is 25.0. The molecule has 2 heterocycles. The molecule has 0 unspecified atom stereocenters. The number of hydrogen-bond acceptors (Lipinski definition) is 3. The van der Waals surface area contributed by atoms with Gasteiger partial charge in [0.05, 0.1) is 11.3 Å². The average molecular weight is 251 g/mol. The molecule has 1 aliphatic rings. The first-order valence-corrected chi connectivity index (χ1v) is 6.04. The minimum absolute atomic E-state index is 0.229. The largest absolute Gasteiger partial charge is 0.480 e. The second-order valence-electron chi connectivity index (χ2n) is 4.65. The lowest BCUT2D eigenvalue weighted by Crippen LogP contribution is -2.48. The van der Waals surface area contributed by atoms with Crippen LogP contribution in [-0.4, -0.2) is 44.3 Å². The van der Waals surface area contributed by atoms with Crippen LogP contribution in [0.5, 0.6) is 0 Å². The van der Waals surface area contributed by atoms with E-state index in [0.29, 0.717) is 24.2 Å². The van der Waals surface area contributed by atoms with Gasteiger partial charge < -0.3 is 10.0 Å². The third kappa shape index (κ3) is 2.23. The number of carboxylic acid groups (broad SMARTS) is 1. The van der Waals surface area contributed by atoms with Crippen molar-refractivity contribution in [1.82, 2.24) is 14.7 Å². The summed E-state index contributed by atoms with van der Waals surface area (Å²) < 4.78 is 1.57. The van der Waals surface area contributed by atoms with Crippen molar-refractivity contribution in [2.24, 2.45) is 7.05 Å². The lowest BCUT2D eigenvalue weighted by Gasteiger charge is -2.32. The van der Waals surface area contributed by atoms with Crippen LogP contribution in [-0.2, 0) is 11.8 Å². The Morgan fingerprint density at radius 2 is 2.17 bits per heavy atom. The lowest BCUT2D eigenvalue weighted by molar-refractivity contribution is -0.143. The number of likely N-dealkylation sites (tertiary alicyclic amines) is 1. The van der Waals surface area contributed by atoms with E-state index in [0.717, 1.165) is 12.8 Å². The number of aryl methyl sites for hydroxylation is 2. The molecule has 2 rings (SSSR count). The van der Waals surface area contributed by atoms with Crippen LogP contribution in [0.1, 0.15) is 35.3 Å². The fourth-order valence-corrected chi connectivity index (χ4v) is 2.40. The van der Waals surface area contributed by atoms with Crippen LogP contribution in [0.25, 0.3) is 0 Å². The van der Waals surface area contributed by atoms with Crippen molar-refractivity contribution in [1.29, 1.82) is 0 Å². The van der Waals surface area contributed by atoms with Crippen molar-refractivity contribution >= 4 is 11.9 Å². The summed E-state index contributed by atoms with van der Waals surface area (Å²) in [7, 11) is 1.74. The maximum absolute atomic E-state index is 12.4. The summed E-state index contributed by atoms with van der Waals surface area (Å²) >= 11 is 0. The Hall–Kier alpha value is -1.85. The molecule has 0 saturated carbocycles. The number of carboxylic acids is 1. The van der Waals surface area contributed by atoms with E-state index >= 15 is 0 Å². The highest BCUT2D eigenvalue weighted by atomic mass is 16.4. The molecule has 1 amide bonds. The Kier molecular flexibility index (Phi) is 3.36. The molecule has 6 nitrogen and oxygen atoms in total. The molecule has 98 valence electrons. The highest BCUT2D eigenvalue weighted by molar-refractivity contribution is 5.97. The summed E-state index contributed by atoms with van der Waals surface area (Å²) in [6, 6.07) is -0.703. The minimum atomic E-state index is -0.926. The number of amides is 1. The number of hydrogen-bond donors (Lipinski definition) is 1. The van der Waals surface area contributed by atoms with Crippen LogP contribution >= 0.6 is 0 Å². The Morgan fingerprint density at radius 1 is 1.44 bits per heavy atom. The normalized spacial score (nSPS) is 19.9. The van der Waals surface area contributed by atoms with Crippen molar-refractivity contribution in [3.8, 4) is 0 Å². The minimum Gasteiger partial charge on any atom is -0.480 e. The molecule has 1 N–H and O–H groups in total. The van der Waals surface area contributed by atoms with Gasteiger partial charge in [-0.2, -0.15) is 5.10 Å². The van der Waals surface area contributed by atoms with Gasteiger partial charge in [-0.05, 0) is 26.2 Å². The van der Waals surface area contributed by atoms with E-state index in [1.54, 1.807) is 24.9 Å². The first-order valence-electron chi connectivity index (χ1n) is 6.04. The van der Waals surface area contributed by atoms with Gasteiger partial charge in [-0.25, -0.2) is 4.79 Å². The predicted octanol–water partition coefficient (Wildman–Crippen LogP) is 0.808. The van der Waals surface area contributed by atoms with E-state index in [2.05, 4.69) is 5.10 Å². The standard InChI is InChI=1S/C12H17N3O3/c1-8-9(7-14(2)13-8)11(16)15-6-4-3-5-10(15)12(17)18/h7,10H,3-6H2,1-2H3,(H,17,18)/t10-/m1/s1. The second kappa shape index (κ2) is 4.80. The van der Waals surface area contributed by atoms with Crippen molar-refractivity contribution < 1.29 is 14.7 Å². The van der Waals surface area contributed by atoms with Crippen LogP contribution in [0.15, 0.2) is 6.20 Å². The highest BCUT2D eigenvalue weighted by Gasteiger charge is 2.33. The van der Waals surface area contributed by atoms with Gasteiger partial charge in [0.1, 0.15) is 6.04 Å². The maximum Gasteiger partial charge on any atom is 0.326 e. The number of carbonyl (C=O) groups excluding carboxylic acids is 1. The fraction of sp³-hybridized carbons (Fsp3) is 0.583. The van der Waals surface area contributed by atoms with Crippen molar-refractivity contribution in [2.45, 2.75) is 32.2 Å². The number of piperidine rings is 1. The van der Waals surface area contributed by atoms with Gasteiger partial charge in [0.2, 0.25) is 0 Å². The second-order valence-corrected chi connectivity index (χ2v) is 4.65. The van der Waals surface area contributed by atoms with E-state index in [4.69, 9.17) is 5.11 Å². The first kappa shape index (κ1) is 12.6. The quantitative estimate of drug-likeness (QED) is 0.844. The van der Waals surface area contributed by atoms with Crippen LogP contribution in [0.3, 0.4) is 0 Å². The maximum atomic E-state index is 12.4. The molecule has 1 atom stereocenters. The van der Waals surface area contributed by atoms with Crippen molar-refractivity contribution in [2.75, 3.05) is 6.54 Å². The molecule has 0 aromatic carbocycles. The molecule has 0 bridgehead atoms. The van der Waals surface area contributed by atoms with E-state index in [1.807, 2.05) is 0 Å². The first-order chi connectivity index (χ1) is 8.50. The number of nitrogens with zero attached hydrogens (tertiary/aromatic N) is 3. The molecule has 6 heteroatoms. The van der Waals surface area contributed by atoms with Gasteiger partial charge in [-0.15, -0.1) is 0 Å². The SMILES string of the molecule is Cc1nn(C)cc1C(=O)N1CCCC[C@@H]1C(=O)O. The zero-order valence-corrected chi connectivity index (χ0v) is 10.6. The molecule has 1 fully saturated rings. The zero-order valence-electron chi connectivity index (χ0n) is 10.6. The third-order valence-electron chi connectivity index (χ3n) is 3.29.